The highest BCUT2D eigenvalue weighted by Crippen LogP contribution is 2.25. The largest absolute Gasteiger partial charge is 0.484 e. The van der Waals surface area contributed by atoms with Crippen molar-refractivity contribution in [3.63, 3.8) is 0 Å². The van der Waals surface area contributed by atoms with E-state index in [1.807, 2.05) is 36.4 Å². The summed E-state index contributed by atoms with van der Waals surface area (Å²) in [6.45, 7) is -0.125. The zero-order valence-corrected chi connectivity index (χ0v) is 14.1. The Bertz CT molecular complexity index is 852. The summed E-state index contributed by atoms with van der Waals surface area (Å²) in [5.74, 6) is 1.62. The van der Waals surface area contributed by atoms with Crippen LogP contribution in [0.25, 0.3) is 0 Å². The molecule has 0 aliphatic carbocycles. The zero-order valence-electron chi connectivity index (χ0n) is 13.3. The first-order valence-electron chi connectivity index (χ1n) is 7.71. The Labute approximate surface area is 151 Å². The fourth-order valence-electron chi connectivity index (χ4n) is 2.15. The van der Waals surface area contributed by atoms with Crippen LogP contribution in [0, 0.1) is 0 Å². The van der Waals surface area contributed by atoms with E-state index in [-0.39, 0.29) is 12.5 Å². The molecule has 0 spiro atoms. The Hall–Kier alpha value is -2.98. The van der Waals surface area contributed by atoms with E-state index in [2.05, 4.69) is 5.32 Å². The highest BCUT2D eigenvalue weighted by atomic mass is 35.5. The number of ether oxygens (including phenoxy) is 2. The van der Waals surface area contributed by atoms with Crippen LogP contribution in [-0.4, -0.2) is 12.5 Å². The van der Waals surface area contributed by atoms with Gasteiger partial charge in [-0.3, -0.25) is 4.79 Å². The average molecular weight is 354 g/mol. The van der Waals surface area contributed by atoms with Gasteiger partial charge in [0.05, 0.1) is 10.7 Å². The number of halogens is 1. The first-order valence-corrected chi connectivity index (χ1v) is 8.09. The van der Waals surface area contributed by atoms with E-state index in [1.54, 1.807) is 42.5 Å². The van der Waals surface area contributed by atoms with Crippen LogP contribution in [0.3, 0.4) is 0 Å². The maximum atomic E-state index is 12.0. The molecule has 0 aliphatic heterocycles. The Morgan fingerprint density at radius 3 is 2.32 bits per heavy atom. The quantitative estimate of drug-likeness (QED) is 0.666. The van der Waals surface area contributed by atoms with Crippen molar-refractivity contribution < 1.29 is 14.3 Å². The van der Waals surface area contributed by atoms with Crippen LogP contribution in [0.15, 0.2) is 78.9 Å². The van der Waals surface area contributed by atoms with Crippen molar-refractivity contribution in [1.82, 2.24) is 0 Å². The lowest BCUT2D eigenvalue weighted by atomic mass is 10.3. The number of benzene rings is 3. The summed E-state index contributed by atoms with van der Waals surface area (Å²) in [6, 6.07) is 23.6. The minimum atomic E-state index is -0.289. The third-order valence-electron chi connectivity index (χ3n) is 3.30. The lowest BCUT2D eigenvalue weighted by Gasteiger charge is -2.10. The van der Waals surface area contributed by atoms with Crippen molar-refractivity contribution >= 4 is 23.2 Å². The fraction of sp³-hybridized carbons (Fsp3) is 0.0500. The minimum Gasteiger partial charge on any atom is -0.484 e. The summed E-state index contributed by atoms with van der Waals surface area (Å²) in [4.78, 5) is 12.0. The molecular weight excluding hydrogens is 338 g/mol. The average Bonchev–Trinajstić information content (AvgIpc) is 2.63. The molecule has 0 saturated heterocycles. The van der Waals surface area contributed by atoms with Crippen LogP contribution in [0.2, 0.25) is 5.02 Å². The normalized spacial score (nSPS) is 10.1. The number of rotatable bonds is 6. The van der Waals surface area contributed by atoms with E-state index >= 15 is 0 Å². The van der Waals surface area contributed by atoms with Crippen LogP contribution >= 0.6 is 11.6 Å². The molecule has 126 valence electrons. The Morgan fingerprint density at radius 1 is 0.840 bits per heavy atom. The second kappa shape index (κ2) is 8.22. The molecule has 0 unspecified atom stereocenters. The molecule has 3 rings (SSSR count). The fourth-order valence-corrected chi connectivity index (χ4v) is 2.33. The summed E-state index contributed by atoms with van der Waals surface area (Å²) in [6.07, 6.45) is 0. The number of para-hydroxylation sites is 2. The number of carbonyl (C=O) groups is 1. The Balaban J connectivity index is 1.57. The van der Waals surface area contributed by atoms with E-state index in [9.17, 15) is 4.79 Å². The van der Waals surface area contributed by atoms with Gasteiger partial charge in [-0.1, -0.05) is 48.0 Å². The number of nitrogens with one attached hydrogen (secondary N) is 1. The monoisotopic (exact) mass is 353 g/mol. The first kappa shape index (κ1) is 16.9. The molecule has 1 N–H and O–H groups in total. The van der Waals surface area contributed by atoms with Crippen molar-refractivity contribution in [2.24, 2.45) is 0 Å². The predicted octanol–water partition coefficient (Wildman–Crippen LogP) is 5.15. The highest BCUT2D eigenvalue weighted by Gasteiger charge is 2.07. The third kappa shape index (κ3) is 4.99. The SMILES string of the molecule is O=C(COc1cccc(Oc2ccccc2)c1)Nc1ccccc1Cl. The molecule has 0 radical (unpaired) electrons. The molecule has 0 aromatic heterocycles. The number of hydrogen-bond donors (Lipinski definition) is 1. The molecule has 0 atom stereocenters. The molecule has 4 nitrogen and oxygen atoms in total. The van der Waals surface area contributed by atoms with Gasteiger partial charge in [0.15, 0.2) is 6.61 Å². The van der Waals surface area contributed by atoms with E-state index in [0.29, 0.717) is 22.2 Å². The van der Waals surface area contributed by atoms with E-state index in [1.165, 1.54) is 0 Å². The summed E-state index contributed by atoms with van der Waals surface area (Å²) < 4.78 is 11.3. The minimum absolute atomic E-state index is 0.125. The van der Waals surface area contributed by atoms with Crippen molar-refractivity contribution in [2.45, 2.75) is 0 Å². The topological polar surface area (TPSA) is 47.6 Å². The maximum Gasteiger partial charge on any atom is 0.262 e. The van der Waals surface area contributed by atoms with E-state index < -0.39 is 0 Å². The number of hydrogen-bond acceptors (Lipinski definition) is 3. The van der Waals surface area contributed by atoms with Crippen molar-refractivity contribution in [3.05, 3.63) is 83.9 Å². The molecule has 0 heterocycles. The smallest absolute Gasteiger partial charge is 0.262 e. The summed E-state index contributed by atoms with van der Waals surface area (Å²) in [7, 11) is 0. The van der Waals surface area contributed by atoms with E-state index in [4.69, 9.17) is 21.1 Å². The van der Waals surface area contributed by atoms with Crippen LogP contribution in [-0.2, 0) is 4.79 Å². The van der Waals surface area contributed by atoms with Crippen LogP contribution in [0.5, 0.6) is 17.2 Å². The molecule has 0 saturated carbocycles. The van der Waals surface area contributed by atoms with Gasteiger partial charge < -0.3 is 14.8 Å². The van der Waals surface area contributed by atoms with Crippen molar-refractivity contribution in [2.75, 3.05) is 11.9 Å². The predicted molar refractivity (Wildman–Crippen MR) is 98.5 cm³/mol. The first-order chi connectivity index (χ1) is 12.2. The van der Waals surface area contributed by atoms with Crippen molar-refractivity contribution in [3.8, 4) is 17.2 Å². The van der Waals surface area contributed by atoms with Gasteiger partial charge in [-0.05, 0) is 36.4 Å². The third-order valence-corrected chi connectivity index (χ3v) is 3.63. The molecule has 3 aromatic rings. The highest BCUT2D eigenvalue weighted by molar-refractivity contribution is 6.33. The van der Waals surface area contributed by atoms with Gasteiger partial charge in [-0.15, -0.1) is 0 Å². The molecule has 25 heavy (non-hydrogen) atoms. The van der Waals surface area contributed by atoms with Crippen LogP contribution < -0.4 is 14.8 Å². The maximum absolute atomic E-state index is 12.0. The summed E-state index contributed by atoms with van der Waals surface area (Å²) in [5.41, 5.74) is 0.555. The Kier molecular flexibility index (Phi) is 5.54. The number of carbonyl (C=O) groups excluding carboxylic acids is 1. The molecule has 3 aromatic carbocycles. The standard InChI is InChI=1S/C20H16ClNO3/c21-18-11-4-5-12-19(18)22-20(23)14-24-16-9-6-10-17(13-16)25-15-7-2-1-3-8-15/h1-13H,14H2,(H,22,23). The summed E-state index contributed by atoms with van der Waals surface area (Å²) in [5, 5.41) is 3.19. The second-order valence-corrected chi connectivity index (χ2v) is 5.61. The van der Waals surface area contributed by atoms with Crippen LogP contribution in [0.1, 0.15) is 0 Å². The molecule has 0 aliphatic rings. The molecule has 1 amide bonds. The molecule has 0 fully saturated rings. The van der Waals surface area contributed by atoms with Gasteiger partial charge in [-0.2, -0.15) is 0 Å². The van der Waals surface area contributed by atoms with Gasteiger partial charge in [0, 0.05) is 6.07 Å². The van der Waals surface area contributed by atoms with Crippen LogP contribution in [0.4, 0.5) is 5.69 Å². The molecular formula is C20H16ClNO3. The van der Waals surface area contributed by atoms with Gasteiger partial charge in [0.2, 0.25) is 0 Å². The van der Waals surface area contributed by atoms with Gasteiger partial charge in [-0.25, -0.2) is 0 Å². The van der Waals surface area contributed by atoms with Gasteiger partial charge in [0.1, 0.15) is 17.2 Å². The molecule has 5 heteroatoms. The van der Waals surface area contributed by atoms with Crippen molar-refractivity contribution in [1.29, 1.82) is 0 Å². The second-order valence-electron chi connectivity index (χ2n) is 5.21. The number of anilines is 1. The van der Waals surface area contributed by atoms with Gasteiger partial charge >= 0.3 is 0 Å². The Morgan fingerprint density at radius 2 is 1.52 bits per heavy atom. The molecule has 0 bridgehead atoms. The number of amides is 1. The lowest BCUT2D eigenvalue weighted by Crippen LogP contribution is -2.20. The zero-order chi connectivity index (χ0) is 17.5. The van der Waals surface area contributed by atoms with Gasteiger partial charge in [0.25, 0.3) is 5.91 Å². The van der Waals surface area contributed by atoms with E-state index in [0.717, 1.165) is 5.75 Å². The summed E-state index contributed by atoms with van der Waals surface area (Å²) >= 11 is 6.01. The lowest BCUT2D eigenvalue weighted by molar-refractivity contribution is -0.118.